The zero-order valence-corrected chi connectivity index (χ0v) is 18.7. The Hall–Kier alpha value is -1.15. The first kappa shape index (κ1) is 21.6. The highest BCUT2D eigenvalue weighted by atomic mass is 14.8. The number of nitrogens with two attached hydrogens (primary N) is 1. The van der Waals surface area contributed by atoms with E-state index < -0.39 is 0 Å². The highest BCUT2D eigenvalue weighted by Crippen LogP contribution is 2.60. The Morgan fingerprint density at radius 3 is 2.25 bits per heavy atom. The lowest BCUT2D eigenvalue weighted by Crippen LogP contribution is -2.49. The number of rotatable bonds is 3. The van der Waals surface area contributed by atoms with Crippen molar-refractivity contribution in [3.05, 3.63) is 35.9 Å². The van der Waals surface area contributed by atoms with E-state index in [2.05, 4.69) is 63.1 Å². The van der Waals surface area contributed by atoms with E-state index in [0.717, 1.165) is 5.92 Å². The molecule has 3 aliphatic carbocycles. The third kappa shape index (κ3) is 4.87. The molecule has 0 spiro atoms. The molecule has 4 rings (SSSR count). The number of hydrogen-bond donors (Lipinski definition) is 1. The van der Waals surface area contributed by atoms with Gasteiger partial charge in [-0.25, -0.2) is 0 Å². The van der Waals surface area contributed by atoms with Crippen LogP contribution in [0.3, 0.4) is 0 Å². The fourth-order valence-corrected chi connectivity index (χ4v) is 6.98. The predicted molar refractivity (Wildman–Crippen MR) is 122 cm³/mol. The minimum atomic E-state index is 0.271. The summed E-state index contributed by atoms with van der Waals surface area (Å²) in [4.78, 5) is 5.14. The van der Waals surface area contributed by atoms with Gasteiger partial charge in [0.15, 0.2) is 0 Å². The van der Waals surface area contributed by atoms with Crippen molar-refractivity contribution in [2.75, 3.05) is 7.05 Å². The van der Waals surface area contributed by atoms with E-state index in [1.54, 1.807) is 5.56 Å². The van der Waals surface area contributed by atoms with Crippen LogP contribution in [-0.2, 0) is 5.41 Å². The van der Waals surface area contributed by atoms with E-state index in [9.17, 15) is 0 Å². The second kappa shape index (κ2) is 8.69. The number of fused-ring (bicyclic) bond motifs is 2. The third-order valence-electron chi connectivity index (χ3n) is 7.39. The van der Waals surface area contributed by atoms with Crippen molar-refractivity contribution in [3.8, 4) is 0 Å². The minimum Gasteiger partial charge on any atom is -0.333 e. The molecular formula is C26H42N2. The van der Waals surface area contributed by atoms with Crippen molar-refractivity contribution >= 4 is 6.21 Å². The van der Waals surface area contributed by atoms with Crippen molar-refractivity contribution in [1.82, 2.24) is 0 Å². The molecule has 2 heteroatoms. The molecule has 0 saturated heterocycles. The van der Waals surface area contributed by atoms with E-state index in [-0.39, 0.29) is 5.41 Å². The van der Waals surface area contributed by atoms with Gasteiger partial charge in [0.05, 0.1) is 0 Å². The van der Waals surface area contributed by atoms with Crippen LogP contribution in [0.4, 0.5) is 0 Å². The maximum atomic E-state index is 5.14. The topological polar surface area (TPSA) is 38.4 Å². The lowest BCUT2D eigenvalue weighted by Gasteiger charge is -2.57. The summed E-state index contributed by atoms with van der Waals surface area (Å²) in [5.41, 5.74) is 7.15. The molecule has 2 N–H and O–H groups in total. The fraction of sp³-hybridized carbons (Fsp3) is 0.731. The lowest BCUT2D eigenvalue weighted by atomic mass is 9.48. The van der Waals surface area contributed by atoms with Gasteiger partial charge in [0.1, 0.15) is 0 Å². The summed E-state index contributed by atoms with van der Waals surface area (Å²) in [6, 6.07) is 12.0. The Balaban J connectivity index is 0.00000109. The summed E-state index contributed by atoms with van der Waals surface area (Å²) in [7, 11) is 1.50. The predicted octanol–water partition coefficient (Wildman–Crippen LogP) is 6.53. The van der Waals surface area contributed by atoms with Crippen molar-refractivity contribution in [2.24, 2.45) is 27.5 Å². The quantitative estimate of drug-likeness (QED) is 0.593. The van der Waals surface area contributed by atoms with Gasteiger partial charge in [0.25, 0.3) is 0 Å². The Kier molecular flexibility index (Phi) is 6.69. The van der Waals surface area contributed by atoms with E-state index in [0.29, 0.717) is 16.9 Å². The molecule has 0 aliphatic heterocycles. The molecule has 2 bridgehead atoms. The molecule has 28 heavy (non-hydrogen) atoms. The van der Waals surface area contributed by atoms with Crippen molar-refractivity contribution in [1.29, 1.82) is 0 Å². The van der Waals surface area contributed by atoms with E-state index >= 15 is 0 Å². The van der Waals surface area contributed by atoms with Gasteiger partial charge in [-0.2, -0.15) is 0 Å². The fourth-order valence-electron chi connectivity index (χ4n) is 6.98. The molecule has 3 atom stereocenters. The summed E-state index contributed by atoms with van der Waals surface area (Å²) >= 11 is 0. The number of nitrogens with zero attached hydrogens (tertiary/aromatic N) is 1. The molecule has 0 radical (unpaired) electrons. The first-order chi connectivity index (χ1) is 13.4. The van der Waals surface area contributed by atoms with E-state index in [1.165, 1.54) is 71.3 Å². The second-order valence-corrected chi connectivity index (χ2v) is 10.9. The Bertz CT molecular complexity index is 644. The molecule has 2 nitrogen and oxygen atoms in total. The van der Waals surface area contributed by atoms with Gasteiger partial charge >= 0.3 is 0 Å². The average molecular weight is 383 g/mol. The largest absolute Gasteiger partial charge is 0.333 e. The van der Waals surface area contributed by atoms with Crippen LogP contribution in [0.15, 0.2) is 35.3 Å². The van der Waals surface area contributed by atoms with Gasteiger partial charge in [-0.3, -0.25) is 4.99 Å². The molecule has 0 amide bonds. The molecule has 0 heterocycles. The standard InChI is InChI=1S/C25H37N.CH5N/c1-23(2)14-20-15-24(3,19-26-22-12-8-5-9-13-22)18-25(16-20,17-23)21-10-6-4-7-11-21;1-2/h4,6-7,10-11,19-20,22H,5,8-9,12-18H2,1-3H3;2H2,1H3. The Labute approximate surface area is 173 Å². The molecule has 3 saturated carbocycles. The Morgan fingerprint density at radius 1 is 0.893 bits per heavy atom. The average Bonchev–Trinajstić information content (AvgIpc) is 2.68. The summed E-state index contributed by atoms with van der Waals surface area (Å²) in [6.45, 7) is 7.49. The maximum Gasteiger partial charge on any atom is 0.0496 e. The monoisotopic (exact) mass is 382 g/mol. The molecule has 3 aliphatic rings. The van der Waals surface area contributed by atoms with Gasteiger partial charge in [-0.05, 0) is 74.3 Å². The molecule has 156 valence electrons. The van der Waals surface area contributed by atoms with Crippen molar-refractivity contribution in [3.63, 3.8) is 0 Å². The van der Waals surface area contributed by atoms with Crippen LogP contribution in [0.1, 0.15) is 90.5 Å². The SMILES string of the molecule is CC1(C)CC2CC(C)(C=NC3CCCCC3)CC(c3ccccc3)(C2)C1.CN. The molecule has 1 aromatic rings. The molecular weight excluding hydrogens is 340 g/mol. The second-order valence-electron chi connectivity index (χ2n) is 10.9. The van der Waals surface area contributed by atoms with Crippen LogP contribution >= 0.6 is 0 Å². The van der Waals surface area contributed by atoms with Gasteiger partial charge < -0.3 is 5.73 Å². The highest BCUT2D eigenvalue weighted by Gasteiger charge is 2.52. The smallest absolute Gasteiger partial charge is 0.0496 e. The molecule has 1 aromatic carbocycles. The van der Waals surface area contributed by atoms with Crippen LogP contribution in [-0.4, -0.2) is 19.3 Å². The zero-order chi connectivity index (χ0) is 20.3. The zero-order valence-electron chi connectivity index (χ0n) is 18.7. The Morgan fingerprint density at radius 2 is 1.57 bits per heavy atom. The van der Waals surface area contributed by atoms with Crippen molar-refractivity contribution in [2.45, 2.75) is 96.4 Å². The summed E-state index contributed by atoms with van der Waals surface area (Å²) < 4.78 is 0. The molecule has 3 fully saturated rings. The number of benzene rings is 1. The van der Waals surface area contributed by atoms with Gasteiger partial charge in [-0.15, -0.1) is 0 Å². The summed E-state index contributed by atoms with van der Waals surface area (Å²) in [5.74, 6) is 0.843. The van der Waals surface area contributed by atoms with Crippen LogP contribution < -0.4 is 5.73 Å². The van der Waals surface area contributed by atoms with Crippen LogP contribution in [0.5, 0.6) is 0 Å². The first-order valence-corrected chi connectivity index (χ1v) is 11.6. The maximum absolute atomic E-state index is 5.14. The molecule has 3 unspecified atom stereocenters. The van der Waals surface area contributed by atoms with Gasteiger partial charge in [0, 0.05) is 17.7 Å². The summed E-state index contributed by atoms with van der Waals surface area (Å²) in [5, 5.41) is 0. The molecule has 0 aromatic heterocycles. The highest BCUT2D eigenvalue weighted by molar-refractivity contribution is 5.66. The van der Waals surface area contributed by atoms with E-state index in [4.69, 9.17) is 4.99 Å². The summed E-state index contributed by atoms with van der Waals surface area (Å²) in [6.07, 6.45) is 15.9. The third-order valence-corrected chi connectivity index (χ3v) is 7.39. The van der Waals surface area contributed by atoms with Crippen LogP contribution in [0.25, 0.3) is 0 Å². The van der Waals surface area contributed by atoms with E-state index in [1.807, 2.05) is 0 Å². The van der Waals surface area contributed by atoms with Crippen LogP contribution in [0, 0.1) is 16.7 Å². The van der Waals surface area contributed by atoms with Crippen LogP contribution in [0.2, 0.25) is 0 Å². The minimum absolute atomic E-state index is 0.271. The first-order valence-electron chi connectivity index (χ1n) is 11.6. The lowest BCUT2D eigenvalue weighted by molar-refractivity contribution is 0.0144. The van der Waals surface area contributed by atoms with Crippen molar-refractivity contribution < 1.29 is 0 Å². The van der Waals surface area contributed by atoms with Gasteiger partial charge in [-0.1, -0.05) is 70.4 Å². The number of aliphatic imine (C=N–C) groups is 1. The number of hydrogen-bond acceptors (Lipinski definition) is 2. The normalized spacial score (nSPS) is 35.2. The van der Waals surface area contributed by atoms with Gasteiger partial charge in [0.2, 0.25) is 0 Å².